The molecule has 0 aliphatic carbocycles. The highest BCUT2D eigenvalue weighted by Gasteiger charge is 2.16. The summed E-state index contributed by atoms with van der Waals surface area (Å²) in [5.74, 6) is -1.23. The van der Waals surface area contributed by atoms with Crippen LogP contribution in [0.2, 0.25) is 0 Å². The molecule has 21 heavy (non-hydrogen) atoms. The molecule has 0 saturated heterocycles. The van der Waals surface area contributed by atoms with Gasteiger partial charge in [-0.2, -0.15) is 0 Å². The van der Waals surface area contributed by atoms with E-state index in [4.69, 9.17) is 5.14 Å². The van der Waals surface area contributed by atoms with E-state index in [1.807, 2.05) is 0 Å². The third-order valence-electron chi connectivity index (χ3n) is 2.53. The lowest BCUT2D eigenvalue weighted by Gasteiger charge is -2.06. The van der Waals surface area contributed by atoms with Crippen molar-refractivity contribution in [2.45, 2.75) is 10.8 Å². The van der Waals surface area contributed by atoms with Crippen LogP contribution < -0.4 is 10.5 Å². The summed E-state index contributed by atoms with van der Waals surface area (Å²) >= 11 is 4.06. The van der Waals surface area contributed by atoms with Crippen molar-refractivity contribution in [1.29, 1.82) is 0 Å². The van der Waals surface area contributed by atoms with Gasteiger partial charge in [-0.3, -0.25) is 4.79 Å². The third-order valence-corrected chi connectivity index (χ3v) is 5.71. The summed E-state index contributed by atoms with van der Waals surface area (Å²) in [6, 6.07) is 7.13. The van der Waals surface area contributed by atoms with Crippen LogP contribution in [0.25, 0.3) is 0 Å². The normalized spacial score (nSPS) is 11.4. The first-order chi connectivity index (χ1) is 9.79. The van der Waals surface area contributed by atoms with E-state index in [2.05, 4.69) is 21.2 Å². The van der Waals surface area contributed by atoms with Crippen molar-refractivity contribution in [3.8, 4) is 0 Å². The highest BCUT2D eigenvalue weighted by molar-refractivity contribution is 9.10. The van der Waals surface area contributed by atoms with Gasteiger partial charge in [-0.05, 0) is 40.2 Å². The third kappa shape index (κ3) is 3.88. The van der Waals surface area contributed by atoms with E-state index in [0.29, 0.717) is 9.35 Å². The zero-order valence-corrected chi connectivity index (χ0v) is 13.7. The maximum atomic E-state index is 13.6. The van der Waals surface area contributed by atoms with E-state index >= 15 is 0 Å². The fraction of sp³-hybridized carbons (Fsp3) is 0.0833. The Kier molecular flexibility index (Phi) is 4.77. The van der Waals surface area contributed by atoms with Crippen LogP contribution in [0.15, 0.2) is 39.0 Å². The highest BCUT2D eigenvalue weighted by atomic mass is 79.9. The molecule has 0 aliphatic rings. The van der Waals surface area contributed by atoms with Crippen LogP contribution in [-0.4, -0.2) is 14.3 Å². The van der Waals surface area contributed by atoms with E-state index in [0.717, 1.165) is 11.3 Å². The summed E-state index contributed by atoms with van der Waals surface area (Å²) in [5.41, 5.74) is -0.0966. The van der Waals surface area contributed by atoms with Crippen molar-refractivity contribution in [2.75, 3.05) is 0 Å². The molecular weight excluding hydrogens is 383 g/mol. The van der Waals surface area contributed by atoms with Gasteiger partial charge >= 0.3 is 0 Å². The molecule has 0 aliphatic heterocycles. The second kappa shape index (κ2) is 6.22. The van der Waals surface area contributed by atoms with Gasteiger partial charge in [-0.15, -0.1) is 11.3 Å². The second-order valence-corrected chi connectivity index (χ2v) is 7.86. The number of rotatable bonds is 4. The number of benzene rings is 1. The molecule has 1 aromatic carbocycles. The molecule has 0 unspecified atom stereocenters. The van der Waals surface area contributed by atoms with Gasteiger partial charge in [0.15, 0.2) is 0 Å². The number of nitrogens with one attached hydrogen (secondary N) is 1. The average molecular weight is 393 g/mol. The number of carbonyl (C=O) groups is 1. The summed E-state index contributed by atoms with van der Waals surface area (Å²) in [7, 11) is -3.75. The van der Waals surface area contributed by atoms with E-state index in [1.165, 1.54) is 18.2 Å². The maximum absolute atomic E-state index is 13.6. The lowest BCUT2D eigenvalue weighted by atomic mass is 10.2. The molecule has 5 nitrogen and oxygen atoms in total. The fourth-order valence-electron chi connectivity index (χ4n) is 1.58. The van der Waals surface area contributed by atoms with Gasteiger partial charge in [-0.25, -0.2) is 17.9 Å². The van der Waals surface area contributed by atoms with Crippen LogP contribution in [0.3, 0.4) is 0 Å². The zero-order chi connectivity index (χ0) is 15.6. The number of thiophene rings is 1. The van der Waals surface area contributed by atoms with E-state index < -0.39 is 21.7 Å². The number of primary sulfonamides is 1. The molecule has 1 heterocycles. The number of nitrogens with two attached hydrogens (primary N) is 1. The Labute approximate surface area is 133 Å². The molecule has 0 radical (unpaired) electrons. The Bertz CT molecular complexity index is 769. The number of hydrogen-bond acceptors (Lipinski definition) is 4. The van der Waals surface area contributed by atoms with E-state index in [-0.39, 0.29) is 16.3 Å². The van der Waals surface area contributed by atoms with Crippen molar-refractivity contribution in [3.05, 3.63) is 51.1 Å². The summed E-state index contributed by atoms with van der Waals surface area (Å²) in [5, 5.41) is 7.52. The number of amides is 1. The van der Waals surface area contributed by atoms with Gasteiger partial charge in [0.1, 0.15) is 10.0 Å². The van der Waals surface area contributed by atoms with Crippen LogP contribution in [-0.2, 0) is 16.6 Å². The monoisotopic (exact) mass is 392 g/mol. The molecule has 0 saturated carbocycles. The van der Waals surface area contributed by atoms with Crippen molar-refractivity contribution >= 4 is 43.2 Å². The van der Waals surface area contributed by atoms with Crippen molar-refractivity contribution in [2.24, 2.45) is 5.14 Å². The Morgan fingerprint density at radius 1 is 1.33 bits per heavy atom. The Balaban J connectivity index is 2.10. The van der Waals surface area contributed by atoms with Gasteiger partial charge in [0.2, 0.25) is 10.0 Å². The SMILES string of the molecule is NS(=O)(=O)c1ccc(CNC(=O)c2c(F)cccc2Br)s1. The summed E-state index contributed by atoms with van der Waals surface area (Å²) in [6.07, 6.45) is 0. The first-order valence-electron chi connectivity index (χ1n) is 5.63. The molecule has 0 atom stereocenters. The lowest BCUT2D eigenvalue weighted by Crippen LogP contribution is -2.23. The first-order valence-corrected chi connectivity index (χ1v) is 8.78. The topological polar surface area (TPSA) is 89.3 Å². The Hall–Kier alpha value is -1.29. The quantitative estimate of drug-likeness (QED) is 0.835. The molecule has 0 spiro atoms. The maximum Gasteiger partial charge on any atom is 0.255 e. The molecule has 0 bridgehead atoms. The number of hydrogen-bond donors (Lipinski definition) is 2. The van der Waals surface area contributed by atoms with Crippen molar-refractivity contribution < 1.29 is 17.6 Å². The predicted molar refractivity (Wildman–Crippen MR) is 81.0 cm³/mol. The minimum absolute atomic E-state index is 0.0128. The predicted octanol–water partition coefficient (Wildman–Crippen LogP) is 2.23. The van der Waals surface area contributed by atoms with Gasteiger partial charge in [0.25, 0.3) is 5.91 Å². The zero-order valence-electron chi connectivity index (χ0n) is 10.5. The molecule has 0 fully saturated rings. The standard InChI is InChI=1S/C12H10BrFN2O3S2/c13-8-2-1-3-9(14)11(8)12(17)16-6-7-4-5-10(20-7)21(15,18)19/h1-5H,6H2,(H,16,17)(H2,15,18,19). The van der Waals surface area contributed by atoms with Crippen molar-refractivity contribution in [1.82, 2.24) is 5.32 Å². The molecule has 3 N–H and O–H groups in total. The summed E-state index contributed by atoms with van der Waals surface area (Å²) in [6.45, 7) is 0.0831. The van der Waals surface area contributed by atoms with Crippen LogP contribution >= 0.6 is 27.3 Å². The smallest absolute Gasteiger partial charge is 0.255 e. The molecular formula is C12H10BrFN2O3S2. The fourth-order valence-corrected chi connectivity index (χ4v) is 3.82. The van der Waals surface area contributed by atoms with Crippen LogP contribution in [0.1, 0.15) is 15.2 Å². The lowest BCUT2D eigenvalue weighted by molar-refractivity contribution is 0.0946. The van der Waals surface area contributed by atoms with E-state index in [1.54, 1.807) is 12.1 Å². The average Bonchev–Trinajstić information content (AvgIpc) is 2.84. The molecule has 2 rings (SSSR count). The first kappa shape index (κ1) is 16.1. The number of halogens is 2. The van der Waals surface area contributed by atoms with Gasteiger partial charge in [-0.1, -0.05) is 6.07 Å². The van der Waals surface area contributed by atoms with Crippen molar-refractivity contribution in [3.63, 3.8) is 0 Å². The van der Waals surface area contributed by atoms with Gasteiger partial charge in [0.05, 0.1) is 12.1 Å². The van der Waals surface area contributed by atoms with Crippen LogP contribution in [0, 0.1) is 5.82 Å². The minimum atomic E-state index is -3.75. The van der Waals surface area contributed by atoms with Gasteiger partial charge in [0, 0.05) is 9.35 Å². The molecule has 1 amide bonds. The number of sulfonamides is 1. The van der Waals surface area contributed by atoms with E-state index in [9.17, 15) is 17.6 Å². The van der Waals surface area contributed by atoms with Crippen LogP contribution in [0.5, 0.6) is 0 Å². The molecule has 1 aromatic heterocycles. The molecule has 112 valence electrons. The summed E-state index contributed by atoms with van der Waals surface area (Å²) in [4.78, 5) is 12.5. The number of carbonyl (C=O) groups excluding carboxylic acids is 1. The minimum Gasteiger partial charge on any atom is -0.347 e. The van der Waals surface area contributed by atoms with Crippen LogP contribution in [0.4, 0.5) is 4.39 Å². The largest absolute Gasteiger partial charge is 0.347 e. The molecule has 2 aromatic rings. The Morgan fingerprint density at radius 2 is 2.05 bits per heavy atom. The second-order valence-electron chi connectivity index (χ2n) is 4.05. The molecule has 9 heteroatoms. The summed E-state index contributed by atoms with van der Waals surface area (Å²) < 4.78 is 36.2. The van der Waals surface area contributed by atoms with Gasteiger partial charge < -0.3 is 5.32 Å². The Morgan fingerprint density at radius 3 is 2.62 bits per heavy atom. The highest BCUT2D eigenvalue weighted by Crippen LogP contribution is 2.22.